The highest BCUT2D eigenvalue weighted by atomic mass is 16.1. The number of amides is 1. The Morgan fingerprint density at radius 1 is 1.42 bits per heavy atom. The summed E-state index contributed by atoms with van der Waals surface area (Å²) in [5.41, 5.74) is 1.95. The summed E-state index contributed by atoms with van der Waals surface area (Å²) in [5.74, 6) is 0.866. The van der Waals surface area contributed by atoms with Gasteiger partial charge in [0, 0.05) is 25.4 Å². The fourth-order valence-electron chi connectivity index (χ4n) is 2.59. The monoisotopic (exact) mass is 259 g/mol. The fourth-order valence-corrected chi connectivity index (χ4v) is 2.59. The third-order valence-corrected chi connectivity index (χ3v) is 3.61. The molecule has 6 heteroatoms. The van der Waals surface area contributed by atoms with Gasteiger partial charge in [-0.3, -0.25) is 9.48 Å². The lowest BCUT2D eigenvalue weighted by Gasteiger charge is -2.31. The lowest BCUT2D eigenvalue weighted by atomic mass is 10.0. The zero-order chi connectivity index (χ0) is 13.2. The number of aromatic amines is 1. The molecule has 1 atom stereocenters. The standard InChI is InChI=1S/C13H17N5O/c1-17-8-10(6-15-17)11-7-14-13(16-11)12-4-2-3-5-18(12)9-19/h6-9,12H,2-5H2,1H3,(H,14,16). The zero-order valence-electron chi connectivity index (χ0n) is 10.9. The average Bonchev–Trinajstić information content (AvgIpc) is 3.07. The van der Waals surface area contributed by atoms with Crippen LogP contribution in [0, 0.1) is 0 Å². The molecule has 1 aliphatic rings. The van der Waals surface area contributed by atoms with Gasteiger partial charge in [-0.15, -0.1) is 0 Å². The summed E-state index contributed by atoms with van der Waals surface area (Å²) in [5, 5.41) is 4.15. The first-order chi connectivity index (χ1) is 9.28. The number of piperidine rings is 1. The molecule has 1 N–H and O–H groups in total. The molecule has 2 aromatic rings. The predicted molar refractivity (Wildman–Crippen MR) is 70.2 cm³/mol. The maximum Gasteiger partial charge on any atom is 0.210 e. The maximum atomic E-state index is 11.1. The quantitative estimate of drug-likeness (QED) is 0.849. The molecule has 1 saturated heterocycles. The smallest absolute Gasteiger partial charge is 0.210 e. The minimum atomic E-state index is 0.0803. The Morgan fingerprint density at radius 3 is 3.05 bits per heavy atom. The van der Waals surface area contributed by atoms with Crippen molar-refractivity contribution in [3.8, 4) is 11.3 Å². The Labute approximate surface area is 111 Å². The van der Waals surface area contributed by atoms with Crippen LogP contribution in [-0.2, 0) is 11.8 Å². The van der Waals surface area contributed by atoms with Crippen LogP contribution in [-0.4, -0.2) is 37.6 Å². The highest BCUT2D eigenvalue weighted by Crippen LogP contribution is 2.29. The van der Waals surface area contributed by atoms with Crippen LogP contribution in [0.4, 0.5) is 0 Å². The molecule has 2 aromatic heterocycles. The molecule has 0 aliphatic carbocycles. The molecule has 19 heavy (non-hydrogen) atoms. The Hall–Kier alpha value is -2.11. The average molecular weight is 259 g/mol. The fraction of sp³-hybridized carbons (Fsp3) is 0.462. The van der Waals surface area contributed by atoms with Gasteiger partial charge in [0.2, 0.25) is 6.41 Å². The number of likely N-dealkylation sites (tertiary alicyclic amines) is 1. The van der Waals surface area contributed by atoms with Gasteiger partial charge in [0.1, 0.15) is 5.82 Å². The number of nitrogens with one attached hydrogen (secondary N) is 1. The van der Waals surface area contributed by atoms with Crippen molar-refractivity contribution in [3.63, 3.8) is 0 Å². The van der Waals surface area contributed by atoms with Crippen molar-refractivity contribution >= 4 is 6.41 Å². The van der Waals surface area contributed by atoms with Gasteiger partial charge in [-0.2, -0.15) is 5.10 Å². The van der Waals surface area contributed by atoms with Crippen molar-refractivity contribution in [3.05, 3.63) is 24.4 Å². The van der Waals surface area contributed by atoms with E-state index < -0.39 is 0 Å². The third kappa shape index (κ3) is 2.25. The molecule has 0 radical (unpaired) electrons. The van der Waals surface area contributed by atoms with Gasteiger partial charge < -0.3 is 9.88 Å². The zero-order valence-corrected chi connectivity index (χ0v) is 10.9. The van der Waals surface area contributed by atoms with Crippen LogP contribution >= 0.6 is 0 Å². The van der Waals surface area contributed by atoms with E-state index in [0.717, 1.165) is 49.3 Å². The van der Waals surface area contributed by atoms with Crippen molar-refractivity contribution in [2.45, 2.75) is 25.3 Å². The van der Waals surface area contributed by atoms with Gasteiger partial charge in [0.25, 0.3) is 0 Å². The van der Waals surface area contributed by atoms with Crippen LogP contribution in [0.15, 0.2) is 18.6 Å². The SMILES string of the molecule is Cn1cc(-c2cnc(C3CCCCN3C=O)[nH]2)cn1. The minimum Gasteiger partial charge on any atom is -0.340 e. The molecular formula is C13H17N5O. The molecule has 6 nitrogen and oxygen atoms in total. The van der Waals surface area contributed by atoms with Gasteiger partial charge in [0.15, 0.2) is 0 Å². The Morgan fingerprint density at radius 2 is 2.32 bits per heavy atom. The summed E-state index contributed by atoms with van der Waals surface area (Å²) in [4.78, 5) is 20.7. The topological polar surface area (TPSA) is 66.8 Å². The molecular weight excluding hydrogens is 242 g/mol. The van der Waals surface area contributed by atoms with Crippen molar-refractivity contribution in [1.82, 2.24) is 24.6 Å². The molecule has 1 unspecified atom stereocenters. The molecule has 3 heterocycles. The number of imidazole rings is 1. The predicted octanol–water partition coefficient (Wildman–Crippen LogP) is 1.49. The maximum absolute atomic E-state index is 11.1. The summed E-state index contributed by atoms with van der Waals surface area (Å²) >= 11 is 0. The molecule has 0 aromatic carbocycles. The van der Waals surface area contributed by atoms with E-state index >= 15 is 0 Å². The number of carbonyl (C=O) groups is 1. The summed E-state index contributed by atoms with van der Waals surface area (Å²) < 4.78 is 1.76. The second-order valence-corrected chi connectivity index (χ2v) is 4.94. The summed E-state index contributed by atoms with van der Waals surface area (Å²) in [6.45, 7) is 0.817. The van der Waals surface area contributed by atoms with Crippen LogP contribution in [0.5, 0.6) is 0 Å². The van der Waals surface area contributed by atoms with Crippen LogP contribution < -0.4 is 0 Å². The number of aryl methyl sites for hydroxylation is 1. The second kappa shape index (κ2) is 4.87. The van der Waals surface area contributed by atoms with Crippen molar-refractivity contribution in [1.29, 1.82) is 0 Å². The van der Waals surface area contributed by atoms with Crippen LogP contribution in [0.25, 0.3) is 11.3 Å². The Kier molecular flexibility index (Phi) is 3.06. The van der Waals surface area contributed by atoms with E-state index in [-0.39, 0.29) is 6.04 Å². The van der Waals surface area contributed by atoms with Gasteiger partial charge >= 0.3 is 0 Å². The number of aromatic nitrogens is 4. The van der Waals surface area contributed by atoms with E-state index in [9.17, 15) is 4.79 Å². The molecule has 0 bridgehead atoms. The molecule has 1 amide bonds. The molecule has 0 saturated carbocycles. The second-order valence-electron chi connectivity index (χ2n) is 4.94. The molecule has 0 spiro atoms. The van der Waals surface area contributed by atoms with E-state index in [2.05, 4.69) is 15.1 Å². The van der Waals surface area contributed by atoms with E-state index in [1.165, 1.54) is 0 Å². The number of hydrogen-bond donors (Lipinski definition) is 1. The molecule has 1 aliphatic heterocycles. The first-order valence-electron chi connectivity index (χ1n) is 6.53. The lowest BCUT2D eigenvalue weighted by molar-refractivity contribution is -0.121. The Balaban J connectivity index is 1.86. The minimum absolute atomic E-state index is 0.0803. The normalized spacial score (nSPS) is 19.6. The summed E-state index contributed by atoms with van der Waals surface area (Å²) in [6, 6.07) is 0.0803. The highest BCUT2D eigenvalue weighted by molar-refractivity contribution is 5.56. The number of rotatable bonds is 3. The summed E-state index contributed by atoms with van der Waals surface area (Å²) in [6.07, 6.45) is 9.66. The van der Waals surface area contributed by atoms with Gasteiger partial charge in [0.05, 0.1) is 24.1 Å². The van der Waals surface area contributed by atoms with Crippen molar-refractivity contribution in [2.24, 2.45) is 7.05 Å². The van der Waals surface area contributed by atoms with Crippen LogP contribution in [0.3, 0.4) is 0 Å². The number of carbonyl (C=O) groups excluding carboxylic acids is 1. The van der Waals surface area contributed by atoms with Gasteiger partial charge in [-0.05, 0) is 19.3 Å². The van der Waals surface area contributed by atoms with Crippen LogP contribution in [0.1, 0.15) is 31.1 Å². The first-order valence-corrected chi connectivity index (χ1v) is 6.53. The first kappa shape index (κ1) is 12.0. The number of H-pyrrole nitrogens is 1. The van der Waals surface area contributed by atoms with Crippen LogP contribution in [0.2, 0.25) is 0 Å². The molecule has 100 valence electrons. The van der Waals surface area contributed by atoms with E-state index in [4.69, 9.17) is 0 Å². The molecule has 3 rings (SSSR count). The van der Waals surface area contributed by atoms with E-state index in [0.29, 0.717) is 0 Å². The molecule has 1 fully saturated rings. The lowest BCUT2D eigenvalue weighted by Crippen LogP contribution is -2.32. The van der Waals surface area contributed by atoms with Gasteiger partial charge in [-0.25, -0.2) is 4.98 Å². The Bertz CT molecular complexity index is 573. The highest BCUT2D eigenvalue weighted by Gasteiger charge is 2.25. The van der Waals surface area contributed by atoms with E-state index in [1.807, 2.05) is 24.3 Å². The number of hydrogen-bond acceptors (Lipinski definition) is 3. The number of nitrogens with zero attached hydrogens (tertiary/aromatic N) is 4. The largest absolute Gasteiger partial charge is 0.340 e. The van der Waals surface area contributed by atoms with Crippen molar-refractivity contribution in [2.75, 3.05) is 6.54 Å². The third-order valence-electron chi connectivity index (χ3n) is 3.61. The van der Waals surface area contributed by atoms with E-state index in [1.54, 1.807) is 10.9 Å². The van der Waals surface area contributed by atoms with Crippen molar-refractivity contribution < 1.29 is 4.79 Å². The van der Waals surface area contributed by atoms with Gasteiger partial charge in [-0.1, -0.05) is 0 Å². The summed E-state index contributed by atoms with van der Waals surface area (Å²) in [7, 11) is 1.88.